The summed E-state index contributed by atoms with van der Waals surface area (Å²) in [7, 11) is 1.72. The van der Waals surface area contributed by atoms with Gasteiger partial charge in [-0.25, -0.2) is 0 Å². The molecule has 1 atom stereocenters. The number of methoxy groups -OCH3 is 1. The standard InChI is InChI=1S/C17H21NOS/c1-12-5-10-17(19-3)16(11-12)13(2)18-14-6-8-15(20-4)9-7-14/h5-11,13,18H,1-4H3. The number of anilines is 1. The van der Waals surface area contributed by atoms with E-state index in [1.165, 1.54) is 16.0 Å². The minimum atomic E-state index is 0.199. The Morgan fingerprint density at radius 1 is 1.10 bits per heavy atom. The van der Waals surface area contributed by atoms with E-state index in [0.29, 0.717) is 0 Å². The summed E-state index contributed by atoms with van der Waals surface area (Å²) in [6, 6.07) is 15.0. The third-order valence-electron chi connectivity index (χ3n) is 3.32. The minimum Gasteiger partial charge on any atom is -0.496 e. The molecule has 3 heteroatoms. The van der Waals surface area contributed by atoms with Crippen molar-refractivity contribution in [2.24, 2.45) is 0 Å². The van der Waals surface area contributed by atoms with E-state index in [9.17, 15) is 0 Å². The minimum absolute atomic E-state index is 0.199. The lowest BCUT2D eigenvalue weighted by Crippen LogP contribution is -2.08. The first-order chi connectivity index (χ1) is 9.63. The first kappa shape index (κ1) is 14.8. The zero-order valence-corrected chi connectivity index (χ0v) is 13.3. The molecule has 2 aromatic rings. The number of nitrogens with one attached hydrogen (secondary N) is 1. The Labute approximate surface area is 125 Å². The molecule has 106 valence electrons. The lowest BCUT2D eigenvalue weighted by atomic mass is 10.0. The molecule has 0 bridgehead atoms. The van der Waals surface area contributed by atoms with Crippen LogP contribution in [0.4, 0.5) is 5.69 Å². The molecule has 0 aromatic heterocycles. The second-order valence-corrected chi connectivity index (χ2v) is 5.72. The third-order valence-corrected chi connectivity index (χ3v) is 4.07. The molecule has 2 nitrogen and oxygen atoms in total. The molecule has 1 N–H and O–H groups in total. The highest BCUT2D eigenvalue weighted by Crippen LogP contribution is 2.29. The van der Waals surface area contributed by atoms with Crippen molar-refractivity contribution in [3.8, 4) is 5.75 Å². The topological polar surface area (TPSA) is 21.3 Å². The molecule has 0 aliphatic rings. The summed E-state index contributed by atoms with van der Waals surface area (Å²) in [4.78, 5) is 1.27. The van der Waals surface area contributed by atoms with Gasteiger partial charge in [-0.1, -0.05) is 17.7 Å². The molecule has 0 amide bonds. The highest BCUT2D eigenvalue weighted by molar-refractivity contribution is 7.98. The van der Waals surface area contributed by atoms with Gasteiger partial charge in [0.05, 0.1) is 13.2 Å². The maximum atomic E-state index is 5.45. The van der Waals surface area contributed by atoms with E-state index in [-0.39, 0.29) is 6.04 Å². The average molecular weight is 287 g/mol. The van der Waals surface area contributed by atoms with E-state index in [0.717, 1.165) is 11.4 Å². The molecular formula is C17H21NOS. The molecule has 0 heterocycles. The van der Waals surface area contributed by atoms with Crippen molar-refractivity contribution in [2.75, 3.05) is 18.7 Å². The molecule has 0 fully saturated rings. The quantitative estimate of drug-likeness (QED) is 0.790. The van der Waals surface area contributed by atoms with Crippen molar-refractivity contribution in [1.82, 2.24) is 0 Å². The number of ether oxygens (including phenoxy) is 1. The van der Waals surface area contributed by atoms with Crippen LogP contribution in [-0.4, -0.2) is 13.4 Å². The van der Waals surface area contributed by atoms with Gasteiger partial charge in [0.1, 0.15) is 5.75 Å². The van der Waals surface area contributed by atoms with Crippen molar-refractivity contribution in [2.45, 2.75) is 24.8 Å². The van der Waals surface area contributed by atoms with E-state index in [1.54, 1.807) is 18.9 Å². The van der Waals surface area contributed by atoms with Crippen molar-refractivity contribution in [3.63, 3.8) is 0 Å². The molecule has 0 aliphatic heterocycles. The maximum Gasteiger partial charge on any atom is 0.124 e. The van der Waals surface area contributed by atoms with Gasteiger partial charge in [-0.3, -0.25) is 0 Å². The van der Waals surface area contributed by atoms with Crippen LogP contribution in [0.3, 0.4) is 0 Å². The second-order valence-electron chi connectivity index (χ2n) is 4.84. The summed E-state index contributed by atoms with van der Waals surface area (Å²) in [5.74, 6) is 0.927. The first-order valence-electron chi connectivity index (χ1n) is 6.69. The van der Waals surface area contributed by atoms with Gasteiger partial charge in [-0.15, -0.1) is 11.8 Å². The molecule has 0 radical (unpaired) electrons. The van der Waals surface area contributed by atoms with Gasteiger partial charge >= 0.3 is 0 Å². The summed E-state index contributed by atoms with van der Waals surface area (Å²) in [6.45, 7) is 4.25. The van der Waals surface area contributed by atoms with Crippen LogP contribution in [0.1, 0.15) is 24.1 Å². The lowest BCUT2D eigenvalue weighted by Gasteiger charge is -2.19. The fourth-order valence-electron chi connectivity index (χ4n) is 2.21. The van der Waals surface area contributed by atoms with E-state index in [4.69, 9.17) is 4.74 Å². The first-order valence-corrected chi connectivity index (χ1v) is 7.91. The van der Waals surface area contributed by atoms with E-state index in [1.807, 2.05) is 6.07 Å². The maximum absolute atomic E-state index is 5.45. The number of hydrogen-bond donors (Lipinski definition) is 1. The Bertz CT molecular complexity index is 566. The molecule has 2 aromatic carbocycles. The third kappa shape index (κ3) is 3.48. The van der Waals surface area contributed by atoms with Crippen LogP contribution in [0.25, 0.3) is 0 Å². The summed E-state index contributed by atoms with van der Waals surface area (Å²) >= 11 is 1.75. The van der Waals surface area contributed by atoms with Crippen LogP contribution in [0.15, 0.2) is 47.4 Å². The molecule has 20 heavy (non-hydrogen) atoms. The number of hydrogen-bond acceptors (Lipinski definition) is 3. The Morgan fingerprint density at radius 3 is 2.40 bits per heavy atom. The fourth-order valence-corrected chi connectivity index (χ4v) is 2.62. The molecule has 0 aliphatic carbocycles. The predicted molar refractivity (Wildman–Crippen MR) is 88.0 cm³/mol. The lowest BCUT2D eigenvalue weighted by molar-refractivity contribution is 0.408. The van der Waals surface area contributed by atoms with Crippen LogP contribution >= 0.6 is 11.8 Å². The number of rotatable bonds is 5. The van der Waals surface area contributed by atoms with Gasteiger partial charge in [0.15, 0.2) is 0 Å². The normalized spacial score (nSPS) is 12.0. The molecule has 1 unspecified atom stereocenters. The monoisotopic (exact) mass is 287 g/mol. The number of aryl methyl sites for hydroxylation is 1. The van der Waals surface area contributed by atoms with Crippen LogP contribution in [0.5, 0.6) is 5.75 Å². The van der Waals surface area contributed by atoms with Crippen LogP contribution in [0, 0.1) is 6.92 Å². The van der Waals surface area contributed by atoms with Gasteiger partial charge in [-0.05, 0) is 50.4 Å². The Hall–Kier alpha value is -1.61. The van der Waals surface area contributed by atoms with Crippen molar-refractivity contribution < 1.29 is 4.74 Å². The fraction of sp³-hybridized carbons (Fsp3) is 0.294. The van der Waals surface area contributed by atoms with Gasteiger partial charge in [0.2, 0.25) is 0 Å². The van der Waals surface area contributed by atoms with Crippen LogP contribution < -0.4 is 10.1 Å². The van der Waals surface area contributed by atoms with E-state index < -0.39 is 0 Å². The molecule has 0 saturated carbocycles. The zero-order chi connectivity index (χ0) is 14.5. The Morgan fingerprint density at radius 2 is 1.80 bits per heavy atom. The van der Waals surface area contributed by atoms with Gasteiger partial charge in [0.25, 0.3) is 0 Å². The van der Waals surface area contributed by atoms with Gasteiger partial charge < -0.3 is 10.1 Å². The van der Waals surface area contributed by atoms with Crippen molar-refractivity contribution in [1.29, 1.82) is 0 Å². The summed E-state index contributed by atoms with van der Waals surface area (Å²) < 4.78 is 5.45. The molecule has 0 saturated heterocycles. The number of benzene rings is 2. The summed E-state index contributed by atoms with van der Waals surface area (Å²) in [5, 5.41) is 3.52. The van der Waals surface area contributed by atoms with Gasteiger partial charge in [-0.2, -0.15) is 0 Å². The summed E-state index contributed by atoms with van der Waals surface area (Å²) in [5.41, 5.74) is 3.55. The van der Waals surface area contributed by atoms with Crippen LogP contribution in [-0.2, 0) is 0 Å². The molecular weight excluding hydrogens is 266 g/mol. The Kier molecular flexibility index (Phi) is 4.96. The summed E-state index contributed by atoms with van der Waals surface area (Å²) in [6.07, 6.45) is 2.09. The predicted octanol–water partition coefficient (Wildman–Crippen LogP) is 4.90. The van der Waals surface area contributed by atoms with Crippen molar-refractivity contribution >= 4 is 17.4 Å². The van der Waals surface area contributed by atoms with E-state index >= 15 is 0 Å². The van der Waals surface area contributed by atoms with Crippen LogP contribution in [0.2, 0.25) is 0 Å². The average Bonchev–Trinajstić information content (AvgIpc) is 2.48. The smallest absolute Gasteiger partial charge is 0.124 e. The second kappa shape index (κ2) is 6.71. The highest BCUT2D eigenvalue weighted by atomic mass is 32.2. The van der Waals surface area contributed by atoms with Crippen molar-refractivity contribution in [3.05, 3.63) is 53.6 Å². The van der Waals surface area contributed by atoms with E-state index in [2.05, 4.69) is 61.8 Å². The zero-order valence-electron chi connectivity index (χ0n) is 12.4. The largest absolute Gasteiger partial charge is 0.496 e. The molecule has 2 rings (SSSR count). The highest BCUT2D eigenvalue weighted by Gasteiger charge is 2.11. The SMILES string of the molecule is COc1ccc(C)cc1C(C)Nc1ccc(SC)cc1. The number of thioether (sulfide) groups is 1. The Balaban J connectivity index is 2.18. The van der Waals surface area contributed by atoms with Gasteiger partial charge in [0, 0.05) is 16.1 Å². The molecule has 0 spiro atoms.